The molecule has 0 bridgehead atoms. The second-order valence-corrected chi connectivity index (χ2v) is 8.91. The van der Waals surface area contributed by atoms with Gasteiger partial charge in [0.05, 0.1) is 5.41 Å². The summed E-state index contributed by atoms with van der Waals surface area (Å²) in [5, 5.41) is 0. The van der Waals surface area contributed by atoms with Gasteiger partial charge in [0.1, 0.15) is 6.10 Å². The second kappa shape index (κ2) is 8.21. The summed E-state index contributed by atoms with van der Waals surface area (Å²) < 4.78 is 5.78. The molecule has 3 aliphatic heterocycles. The van der Waals surface area contributed by atoms with E-state index in [1.54, 1.807) is 19.0 Å². The van der Waals surface area contributed by atoms with Crippen molar-refractivity contribution in [2.75, 3.05) is 40.3 Å². The Bertz CT molecular complexity index is 581. The molecule has 3 saturated heterocycles. The summed E-state index contributed by atoms with van der Waals surface area (Å²) in [6.07, 6.45) is 6.56. The third-order valence-electron chi connectivity index (χ3n) is 6.62. The van der Waals surface area contributed by atoms with Crippen LogP contribution in [-0.2, 0) is 9.53 Å². The molecular formula is C21H35N3O3. The molecule has 3 aliphatic rings. The van der Waals surface area contributed by atoms with E-state index in [9.17, 15) is 9.59 Å². The highest BCUT2D eigenvalue weighted by molar-refractivity contribution is 5.80. The molecule has 2 amide bonds. The number of hydrogen-bond donors (Lipinski definition) is 0. The first-order valence-corrected chi connectivity index (χ1v) is 10.4. The minimum atomic E-state index is -0.369. The van der Waals surface area contributed by atoms with Crippen LogP contribution in [0.5, 0.6) is 0 Å². The van der Waals surface area contributed by atoms with Gasteiger partial charge in [0.2, 0.25) is 0 Å². The number of nitrogens with zero attached hydrogens (tertiary/aromatic N) is 3. The number of amides is 2. The molecule has 0 aliphatic carbocycles. The Morgan fingerprint density at radius 1 is 1.30 bits per heavy atom. The van der Waals surface area contributed by atoms with Gasteiger partial charge in [0.15, 0.2) is 0 Å². The minimum absolute atomic E-state index is 0.0206. The predicted molar refractivity (Wildman–Crippen MR) is 105 cm³/mol. The van der Waals surface area contributed by atoms with Crippen molar-refractivity contribution in [2.45, 2.75) is 64.0 Å². The van der Waals surface area contributed by atoms with E-state index in [1.165, 1.54) is 12.0 Å². The number of rotatable bonds is 3. The third-order valence-corrected chi connectivity index (χ3v) is 6.62. The fraction of sp³-hybridized carbons (Fsp3) is 0.810. The number of urea groups is 1. The molecule has 152 valence electrons. The van der Waals surface area contributed by atoms with Gasteiger partial charge < -0.3 is 19.4 Å². The smallest absolute Gasteiger partial charge is 0.319 e. The van der Waals surface area contributed by atoms with Crippen molar-refractivity contribution in [1.82, 2.24) is 14.7 Å². The maximum absolute atomic E-state index is 12.6. The monoisotopic (exact) mass is 377 g/mol. The number of cyclic esters (lactones) is 1. The average molecular weight is 378 g/mol. The second-order valence-electron chi connectivity index (χ2n) is 8.91. The summed E-state index contributed by atoms with van der Waals surface area (Å²) in [6, 6.07) is 0.552. The molecule has 0 saturated carbocycles. The summed E-state index contributed by atoms with van der Waals surface area (Å²) in [5.74, 6) is -0.0401. The maximum atomic E-state index is 12.6. The lowest BCUT2D eigenvalue weighted by Gasteiger charge is -2.37. The topological polar surface area (TPSA) is 53.1 Å². The van der Waals surface area contributed by atoms with E-state index < -0.39 is 0 Å². The maximum Gasteiger partial charge on any atom is 0.319 e. The molecule has 6 heteroatoms. The van der Waals surface area contributed by atoms with Crippen LogP contribution in [0.25, 0.3) is 0 Å². The number of carbonyl (C=O) groups is 2. The van der Waals surface area contributed by atoms with Crippen LogP contribution < -0.4 is 0 Å². The fourth-order valence-corrected chi connectivity index (χ4v) is 4.86. The van der Waals surface area contributed by atoms with E-state index in [0.29, 0.717) is 19.1 Å². The van der Waals surface area contributed by atoms with Crippen LogP contribution in [0.2, 0.25) is 0 Å². The quantitative estimate of drug-likeness (QED) is 0.561. The third kappa shape index (κ3) is 4.48. The molecule has 6 nitrogen and oxygen atoms in total. The molecule has 3 heterocycles. The number of carbonyl (C=O) groups excluding carboxylic acids is 2. The van der Waals surface area contributed by atoms with Crippen LogP contribution in [0.1, 0.15) is 51.9 Å². The van der Waals surface area contributed by atoms with Crippen LogP contribution >= 0.6 is 0 Å². The molecule has 0 aromatic rings. The number of ether oxygens (including phenoxy) is 1. The molecule has 2 atom stereocenters. The molecule has 0 radical (unpaired) electrons. The summed E-state index contributed by atoms with van der Waals surface area (Å²) in [5.41, 5.74) is 0.988. The van der Waals surface area contributed by atoms with Crippen molar-refractivity contribution >= 4 is 12.0 Å². The van der Waals surface area contributed by atoms with Gasteiger partial charge in [-0.15, -0.1) is 0 Å². The Balaban J connectivity index is 1.51. The highest BCUT2D eigenvalue weighted by atomic mass is 16.6. The van der Waals surface area contributed by atoms with Gasteiger partial charge in [-0.05, 0) is 52.0 Å². The number of esters is 1. The molecule has 3 rings (SSSR count). The Morgan fingerprint density at radius 2 is 2.00 bits per heavy atom. The van der Waals surface area contributed by atoms with Crippen LogP contribution in [0.4, 0.5) is 4.79 Å². The van der Waals surface area contributed by atoms with Gasteiger partial charge >= 0.3 is 12.0 Å². The molecule has 0 N–H and O–H groups in total. The first-order chi connectivity index (χ1) is 12.8. The summed E-state index contributed by atoms with van der Waals surface area (Å²) >= 11 is 0. The molecule has 0 unspecified atom stereocenters. The Morgan fingerprint density at radius 3 is 2.67 bits per heavy atom. The molecular weight excluding hydrogens is 342 g/mol. The van der Waals surface area contributed by atoms with Gasteiger partial charge in [0, 0.05) is 46.2 Å². The Hall–Kier alpha value is -1.56. The number of hydrogen-bond acceptors (Lipinski definition) is 4. The van der Waals surface area contributed by atoms with E-state index in [0.717, 1.165) is 51.6 Å². The lowest BCUT2D eigenvalue weighted by molar-refractivity contribution is -0.150. The van der Waals surface area contributed by atoms with Gasteiger partial charge in [-0.2, -0.15) is 0 Å². The van der Waals surface area contributed by atoms with Crippen molar-refractivity contribution in [1.29, 1.82) is 0 Å². The van der Waals surface area contributed by atoms with Crippen LogP contribution in [0.15, 0.2) is 12.2 Å². The van der Waals surface area contributed by atoms with E-state index in [-0.39, 0.29) is 23.5 Å². The minimum Gasteiger partial charge on any atom is -0.462 e. The largest absolute Gasteiger partial charge is 0.462 e. The molecule has 0 aromatic carbocycles. The first kappa shape index (κ1) is 20.2. The van der Waals surface area contributed by atoms with Crippen molar-refractivity contribution in [3.05, 3.63) is 12.2 Å². The lowest BCUT2D eigenvalue weighted by Crippen LogP contribution is -2.48. The standard InChI is InChI=1S/C21H35N3O3/c1-16-6-5-10-23(17(2)14-16)11-7-18-15-21(19(25)27-18)8-12-24(13-9-21)20(26)22(3)4/h17-18H,1,5-15H2,2-4H3/t17-,18-/m0/s1. The molecule has 27 heavy (non-hydrogen) atoms. The average Bonchev–Trinajstić information content (AvgIpc) is 2.82. The zero-order chi connectivity index (χ0) is 19.6. The highest BCUT2D eigenvalue weighted by Gasteiger charge is 2.50. The van der Waals surface area contributed by atoms with Crippen molar-refractivity contribution in [3.63, 3.8) is 0 Å². The van der Waals surface area contributed by atoms with E-state index in [4.69, 9.17) is 4.74 Å². The zero-order valence-electron chi connectivity index (χ0n) is 17.2. The van der Waals surface area contributed by atoms with E-state index in [1.807, 2.05) is 4.90 Å². The van der Waals surface area contributed by atoms with Gasteiger partial charge in [-0.25, -0.2) is 4.79 Å². The SMILES string of the molecule is C=C1CCCN(CC[C@H]2CC3(CCN(C(=O)N(C)C)CC3)C(=O)O2)[C@@H](C)C1. The molecule has 1 spiro atoms. The van der Waals surface area contributed by atoms with Gasteiger partial charge in [0.25, 0.3) is 0 Å². The summed E-state index contributed by atoms with van der Waals surface area (Å²) in [7, 11) is 3.54. The fourth-order valence-electron chi connectivity index (χ4n) is 4.86. The molecule has 3 fully saturated rings. The van der Waals surface area contributed by atoms with Gasteiger partial charge in [-0.1, -0.05) is 12.2 Å². The van der Waals surface area contributed by atoms with Crippen LogP contribution in [0, 0.1) is 5.41 Å². The summed E-state index contributed by atoms with van der Waals surface area (Å²) in [6.45, 7) is 9.81. The lowest BCUT2D eigenvalue weighted by atomic mass is 9.76. The summed E-state index contributed by atoms with van der Waals surface area (Å²) in [4.78, 5) is 30.7. The van der Waals surface area contributed by atoms with E-state index >= 15 is 0 Å². The van der Waals surface area contributed by atoms with Crippen molar-refractivity contribution in [2.24, 2.45) is 5.41 Å². The Labute approximate surface area is 163 Å². The zero-order valence-corrected chi connectivity index (χ0v) is 17.2. The van der Waals surface area contributed by atoms with E-state index in [2.05, 4.69) is 18.4 Å². The normalized spacial score (nSPS) is 28.9. The van der Waals surface area contributed by atoms with Crippen molar-refractivity contribution < 1.29 is 14.3 Å². The Kier molecular flexibility index (Phi) is 6.14. The number of likely N-dealkylation sites (tertiary alicyclic amines) is 2. The molecule has 0 aromatic heterocycles. The van der Waals surface area contributed by atoms with Crippen LogP contribution in [0.3, 0.4) is 0 Å². The number of piperidine rings is 1. The first-order valence-electron chi connectivity index (χ1n) is 10.4. The highest BCUT2D eigenvalue weighted by Crippen LogP contribution is 2.44. The van der Waals surface area contributed by atoms with Crippen LogP contribution in [-0.4, -0.2) is 79.1 Å². The van der Waals surface area contributed by atoms with Gasteiger partial charge in [-0.3, -0.25) is 4.79 Å². The van der Waals surface area contributed by atoms with Crippen molar-refractivity contribution in [3.8, 4) is 0 Å². The predicted octanol–water partition coefficient (Wildman–Crippen LogP) is 2.89.